The minimum absolute atomic E-state index is 0.0447. The van der Waals surface area contributed by atoms with Gasteiger partial charge in [-0.25, -0.2) is 0 Å². The lowest BCUT2D eigenvalue weighted by Gasteiger charge is -2.09. The van der Waals surface area contributed by atoms with Gasteiger partial charge in [-0.2, -0.15) is 0 Å². The zero-order valence-corrected chi connectivity index (χ0v) is 10.3. The van der Waals surface area contributed by atoms with Gasteiger partial charge in [0.15, 0.2) is 0 Å². The van der Waals surface area contributed by atoms with Gasteiger partial charge in [0.1, 0.15) is 5.75 Å². The first-order valence-electron chi connectivity index (χ1n) is 5.73. The first-order valence-corrected chi connectivity index (χ1v) is 5.73. The summed E-state index contributed by atoms with van der Waals surface area (Å²) in [6, 6.07) is 10.8. The van der Waals surface area contributed by atoms with Gasteiger partial charge in [-0.05, 0) is 24.3 Å². The molecular weight excluding hydrogens is 260 g/mol. The van der Waals surface area contributed by atoms with Crippen LogP contribution in [0.4, 0.5) is 0 Å². The number of hydrogen-bond acceptors (Lipinski definition) is 4. The maximum absolute atomic E-state index is 11.7. The molecule has 20 heavy (non-hydrogen) atoms. The van der Waals surface area contributed by atoms with Crippen molar-refractivity contribution in [1.82, 2.24) is 10.9 Å². The first-order chi connectivity index (χ1) is 9.56. The van der Waals surface area contributed by atoms with Crippen molar-refractivity contribution in [2.45, 2.75) is 0 Å². The summed E-state index contributed by atoms with van der Waals surface area (Å²) >= 11 is 0. The molecule has 2 rings (SSSR count). The fourth-order valence-electron chi connectivity index (χ4n) is 1.48. The summed E-state index contributed by atoms with van der Waals surface area (Å²) in [5.41, 5.74) is 5.01. The lowest BCUT2D eigenvalue weighted by molar-refractivity contribution is -0.268. The van der Waals surface area contributed by atoms with Crippen LogP contribution in [0.25, 0.3) is 0 Å². The summed E-state index contributed by atoms with van der Waals surface area (Å²) in [6.07, 6.45) is 0. The number of amides is 2. The van der Waals surface area contributed by atoms with Crippen LogP contribution in [0.1, 0.15) is 20.7 Å². The van der Waals surface area contributed by atoms with Crippen molar-refractivity contribution in [3.63, 3.8) is 0 Å². The van der Waals surface area contributed by atoms with E-state index in [1.807, 2.05) is 0 Å². The summed E-state index contributed by atoms with van der Waals surface area (Å²) in [5.74, 6) is -1.20. The molecule has 0 atom stereocenters. The third-order valence-electron chi connectivity index (χ3n) is 2.54. The van der Waals surface area contributed by atoms with E-state index in [4.69, 9.17) is 5.11 Å². The third kappa shape index (κ3) is 3.26. The lowest BCUT2D eigenvalue weighted by atomic mass is 10.2. The molecule has 0 aliphatic heterocycles. The molecule has 0 saturated heterocycles. The molecule has 6 nitrogen and oxygen atoms in total. The fourth-order valence-corrected chi connectivity index (χ4v) is 1.48. The van der Waals surface area contributed by atoms with E-state index < -0.39 is 11.8 Å². The van der Waals surface area contributed by atoms with Crippen molar-refractivity contribution in [3.8, 4) is 11.5 Å². The normalized spacial score (nSPS) is 9.80. The molecule has 0 saturated carbocycles. The van der Waals surface area contributed by atoms with Gasteiger partial charge < -0.3 is 10.2 Å². The van der Waals surface area contributed by atoms with Crippen molar-refractivity contribution in [2.24, 2.45) is 0 Å². The van der Waals surface area contributed by atoms with E-state index in [0.29, 0.717) is 0 Å². The molecule has 0 aromatic heterocycles. The van der Waals surface area contributed by atoms with Gasteiger partial charge in [-0.3, -0.25) is 20.4 Å². The molecule has 0 unspecified atom stereocenters. The Bertz CT molecular complexity index is 563. The van der Waals surface area contributed by atoms with Gasteiger partial charge in [-0.15, -0.1) is 5.75 Å². The Morgan fingerprint density at radius 2 is 1.20 bits per heavy atom. The molecule has 0 fully saturated rings. The molecule has 0 aliphatic rings. The Kier molecular flexibility index (Phi) is 3.85. The molecule has 0 spiro atoms. The van der Waals surface area contributed by atoms with E-state index in [-0.39, 0.29) is 22.6 Å². The highest BCUT2D eigenvalue weighted by molar-refractivity contribution is 5.99. The lowest BCUT2D eigenvalue weighted by Crippen LogP contribution is -2.41. The second kappa shape index (κ2) is 5.75. The van der Waals surface area contributed by atoms with Crippen LogP contribution in [0.2, 0.25) is 0 Å². The maximum Gasteiger partial charge on any atom is 0.269 e. The van der Waals surface area contributed by atoms with Gasteiger partial charge in [0.05, 0.1) is 0 Å². The largest absolute Gasteiger partial charge is 0.872 e. The molecule has 0 aliphatic carbocycles. The van der Waals surface area contributed by atoms with Crippen molar-refractivity contribution < 1.29 is 19.8 Å². The van der Waals surface area contributed by atoms with E-state index in [9.17, 15) is 14.7 Å². The molecule has 2 aromatic rings. The molecule has 0 bridgehead atoms. The minimum atomic E-state index is -0.530. The highest BCUT2D eigenvalue weighted by Gasteiger charge is 2.08. The Morgan fingerprint density at radius 1 is 0.800 bits per heavy atom. The van der Waals surface area contributed by atoms with Gasteiger partial charge >= 0.3 is 0 Å². The van der Waals surface area contributed by atoms with Crippen LogP contribution in [0.3, 0.4) is 0 Å². The van der Waals surface area contributed by atoms with Crippen molar-refractivity contribution in [3.05, 3.63) is 59.7 Å². The summed E-state index contributed by atoms with van der Waals surface area (Å²) in [6.45, 7) is 0. The van der Waals surface area contributed by atoms with Crippen LogP contribution in [0, 0.1) is 0 Å². The number of carbonyl (C=O) groups is 2. The van der Waals surface area contributed by atoms with Crippen LogP contribution in [0.15, 0.2) is 48.5 Å². The van der Waals surface area contributed by atoms with Crippen LogP contribution in [0.5, 0.6) is 11.5 Å². The van der Waals surface area contributed by atoms with Crippen LogP contribution < -0.4 is 16.0 Å². The summed E-state index contributed by atoms with van der Waals surface area (Å²) < 4.78 is 0. The van der Waals surface area contributed by atoms with E-state index in [1.165, 1.54) is 48.5 Å². The van der Waals surface area contributed by atoms with Crippen molar-refractivity contribution in [2.75, 3.05) is 0 Å². The number of rotatable bonds is 2. The monoisotopic (exact) mass is 271 g/mol. The number of phenols is 1. The standard InChI is InChI=1S/C14H12N2O4/c17-11-5-1-9(2-6-11)13(19)15-16-14(20)10-3-7-12(18)8-4-10/h1-8,17-18H,(H,15,19)(H,16,20)/p-1. The van der Waals surface area contributed by atoms with Crippen LogP contribution in [-0.4, -0.2) is 16.9 Å². The zero-order valence-electron chi connectivity index (χ0n) is 10.3. The number of hydrogen-bond donors (Lipinski definition) is 3. The molecule has 102 valence electrons. The smallest absolute Gasteiger partial charge is 0.269 e. The Morgan fingerprint density at radius 3 is 1.65 bits per heavy atom. The number of carbonyl (C=O) groups excluding carboxylic acids is 2. The summed E-state index contributed by atoms with van der Waals surface area (Å²) in [4.78, 5) is 23.4. The number of nitrogens with one attached hydrogen (secondary N) is 2. The molecule has 0 heterocycles. The highest BCUT2D eigenvalue weighted by atomic mass is 16.3. The minimum Gasteiger partial charge on any atom is -0.872 e. The molecule has 6 heteroatoms. The topological polar surface area (TPSA) is 101 Å². The second-order valence-corrected chi connectivity index (χ2v) is 3.98. The Balaban J connectivity index is 1.94. The fraction of sp³-hybridized carbons (Fsp3) is 0. The number of phenolic OH excluding ortho intramolecular Hbond substituents is 1. The zero-order chi connectivity index (χ0) is 14.5. The Hall–Kier alpha value is -3.02. The van der Waals surface area contributed by atoms with Crippen molar-refractivity contribution >= 4 is 11.8 Å². The predicted molar refractivity (Wildman–Crippen MR) is 68.9 cm³/mol. The number of benzene rings is 2. The SMILES string of the molecule is O=C(NNC(=O)c1ccc(O)cc1)c1ccc([O-])cc1. The molecule has 0 radical (unpaired) electrons. The van der Waals surface area contributed by atoms with E-state index in [1.54, 1.807) is 0 Å². The van der Waals surface area contributed by atoms with Gasteiger partial charge in [0.2, 0.25) is 0 Å². The average Bonchev–Trinajstić information content (AvgIpc) is 2.46. The molecule has 2 amide bonds. The van der Waals surface area contributed by atoms with Gasteiger partial charge in [-0.1, -0.05) is 24.3 Å². The van der Waals surface area contributed by atoms with Crippen molar-refractivity contribution in [1.29, 1.82) is 0 Å². The van der Waals surface area contributed by atoms with Crippen LogP contribution in [-0.2, 0) is 0 Å². The molecule has 3 N–H and O–H groups in total. The number of aromatic hydroxyl groups is 1. The highest BCUT2D eigenvalue weighted by Crippen LogP contribution is 2.09. The number of hydrazine groups is 1. The quantitative estimate of drug-likeness (QED) is 0.694. The van der Waals surface area contributed by atoms with E-state index in [2.05, 4.69) is 10.9 Å². The maximum atomic E-state index is 11.7. The predicted octanol–water partition coefficient (Wildman–Crippen LogP) is 0.541. The molecular formula is C14H11N2O4-. The van der Waals surface area contributed by atoms with E-state index >= 15 is 0 Å². The van der Waals surface area contributed by atoms with E-state index in [0.717, 1.165) is 0 Å². The Labute approximate surface area is 114 Å². The third-order valence-corrected chi connectivity index (χ3v) is 2.54. The second-order valence-electron chi connectivity index (χ2n) is 3.98. The van der Waals surface area contributed by atoms with Gasteiger partial charge in [0.25, 0.3) is 11.8 Å². The average molecular weight is 271 g/mol. The first kappa shape index (κ1) is 13.4. The van der Waals surface area contributed by atoms with Crippen LogP contribution >= 0.6 is 0 Å². The molecule has 2 aromatic carbocycles. The summed E-state index contributed by atoms with van der Waals surface area (Å²) in [7, 11) is 0. The summed E-state index contributed by atoms with van der Waals surface area (Å²) in [5, 5.41) is 20.0. The van der Waals surface area contributed by atoms with Gasteiger partial charge in [0, 0.05) is 11.1 Å².